The smallest absolute Gasteiger partial charge is 0.0728 e. The van der Waals surface area contributed by atoms with Crippen LogP contribution in [0.2, 0.25) is 0 Å². The molecule has 2 rings (SSSR count). The number of hydrogen-bond donors (Lipinski definition) is 1. The summed E-state index contributed by atoms with van der Waals surface area (Å²) in [5.41, 5.74) is 1.54. The Balaban J connectivity index is 2.12. The molecule has 1 N–H and O–H groups in total. The van der Waals surface area contributed by atoms with Crippen molar-refractivity contribution < 1.29 is 0 Å². The van der Waals surface area contributed by atoms with Crippen molar-refractivity contribution in [2.45, 2.75) is 78.3 Å². The van der Waals surface area contributed by atoms with E-state index in [1.165, 1.54) is 25.0 Å². The van der Waals surface area contributed by atoms with E-state index in [9.17, 15) is 0 Å². The van der Waals surface area contributed by atoms with Crippen LogP contribution >= 0.6 is 0 Å². The van der Waals surface area contributed by atoms with Crippen LogP contribution in [0.15, 0.2) is 6.20 Å². The van der Waals surface area contributed by atoms with Crippen LogP contribution in [0.1, 0.15) is 71.9 Å². The Hall–Kier alpha value is -0.900. The van der Waals surface area contributed by atoms with Crippen LogP contribution in [-0.4, -0.2) is 27.1 Å². The second-order valence-electron chi connectivity index (χ2n) is 7.80. The second kappa shape index (κ2) is 6.91. The summed E-state index contributed by atoms with van der Waals surface area (Å²) < 4.78 is 2.13. The molecule has 1 aliphatic rings. The first-order chi connectivity index (χ1) is 9.90. The number of hydrogen-bond acceptors (Lipinski definition) is 3. The molecular weight excluding hydrogens is 260 g/mol. The van der Waals surface area contributed by atoms with Crippen molar-refractivity contribution in [2.75, 3.05) is 6.54 Å². The summed E-state index contributed by atoms with van der Waals surface area (Å²) in [6.07, 6.45) is 7.05. The van der Waals surface area contributed by atoms with Gasteiger partial charge in [0.2, 0.25) is 0 Å². The van der Waals surface area contributed by atoms with Crippen molar-refractivity contribution in [1.29, 1.82) is 0 Å². The summed E-state index contributed by atoms with van der Waals surface area (Å²) in [5.74, 6) is 2.12. The Morgan fingerprint density at radius 3 is 2.76 bits per heavy atom. The van der Waals surface area contributed by atoms with Crippen molar-refractivity contribution in [3.8, 4) is 0 Å². The second-order valence-corrected chi connectivity index (χ2v) is 7.80. The van der Waals surface area contributed by atoms with Gasteiger partial charge >= 0.3 is 0 Å². The summed E-state index contributed by atoms with van der Waals surface area (Å²) in [7, 11) is 0. The average molecular weight is 292 g/mol. The lowest BCUT2D eigenvalue weighted by atomic mass is 9.73. The molecule has 0 radical (unpaired) electrons. The van der Waals surface area contributed by atoms with E-state index in [0.29, 0.717) is 11.8 Å². The Kier molecular flexibility index (Phi) is 5.42. The Bertz CT molecular complexity index is 432. The van der Waals surface area contributed by atoms with E-state index in [1.54, 1.807) is 0 Å². The van der Waals surface area contributed by atoms with Crippen LogP contribution in [0.25, 0.3) is 0 Å². The highest BCUT2D eigenvalue weighted by molar-refractivity contribution is 5.08. The first-order valence-electron chi connectivity index (χ1n) is 8.54. The highest BCUT2D eigenvalue weighted by Gasteiger charge is 2.32. The first-order valence-corrected chi connectivity index (χ1v) is 8.54. The summed E-state index contributed by atoms with van der Waals surface area (Å²) in [5, 5.41) is 12.2. The predicted octanol–water partition coefficient (Wildman–Crippen LogP) is 3.60. The highest BCUT2D eigenvalue weighted by atomic mass is 15.4. The molecule has 0 aromatic carbocycles. The zero-order valence-corrected chi connectivity index (χ0v) is 14.4. The lowest BCUT2D eigenvalue weighted by Gasteiger charge is -2.36. The van der Waals surface area contributed by atoms with Gasteiger partial charge in [0, 0.05) is 18.0 Å². The van der Waals surface area contributed by atoms with E-state index in [-0.39, 0.29) is 5.54 Å². The molecule has 4 nitrogen and oxygen atoms in total. The summed E-state index contributed by atoms with van der Waals surface area (Å²) in [6.45, 7) is 13.4. The minimum atomic E-state index is 0.190. The average Bonchev–Trinajstić information content (AvgIpc) is 2.85. The van der Waals surface area contributed by atoms with E-state index in [2.05, 4.69) is 54.9 Å². The summed E-state index contributed by atoms with van der Waals surface area (Å²) >= 11 is 0. The molecule has 3 atom stereocenters. The van der Waals surface area contributed by atoms with Crippen LogP contribution in [0.3, 0.4) is 0 Å². The summed E-state index contributed by atoms with van der Waals surface area (Å²) in [6, 6.07) is 0. The maximum atomic E-state index is 4.30. The van der Waals surface area contributed by atoms with Gasteiger partial charge in [-0.05, 0) is 58.4 Å². The third-order valence-electron chi connectivity index (χ3n) is 4.61. The maximum Gasteiger partial charge on any atom is 0.0728 e. The van der Waals surface area contributed by atoms with Gasteiger partial charge < -0.3 is 5.32 Å². The number of rotatable bonds is 5. The van der Waals surface area contributed by atoms with Crippen LogP contribution in [-0.2, 0) is 6.54 Å². The van der Waals surface area contributed by atoms with E-state index in [0.717, 1.165) is 25.4 Å². The zero-order chi connectivity index (χ0) is 15.5. The van der Waals surface area contributed by atoms with Gasteiger partial charge in [0.25, 0.3) is 0 Å². The zero-order valence-electron chi connectivity index (χ0n) is 14.4. The number of nitrogens with one attached hydrogen (secondary N) is 1. The maximum absolute atomic E-state index is 4.30. The van der Waals surface area contributed by atoms with Gasteiger partial charge in [-0.1, -0.05) is 25.5 Å². The molecule has 4 heteroatoms. The minimum absolute atomic E-state index is 0.190. The Labute approximate surface area is 129 Å². The van der Waals surface area contributed by atoms with Gasteiger partial charge in [0.15, 0.2) is 0 Å². The summed E-state index contributed by atoms with van der Waals surface area (Å²) in [4.78, 5) is 0. The first kappa shape index (κ1) is 16.5. The monoisotopic (exact) mass is 292 g/mol. The van der Waals surface area contributed by atoms with Crippen LogP contribution in [0.4, 0.5) is 0 Å². The molecule has 1 aromatic rings. The molecule has 1 saturated carbocycles. The van der Waals surface area contributed by atoms with Crippen LogP contribution in [0.5, 0.6) is 0 Å². The molecule has 0 spiro atoms. The standard InChI is InChI=1S/C17H32N4/c1-6-9-21-16(12-19-20-21)15-10-13(2)7-8-14(15)11-18-17(3,4)5/h12-15,18H,6-11H2,1-5H3. The molecule has 0 bridgehead atoms. The van der Waals surface area contributed by atoms with Crippen molar-refractivity contribution in [3.63, 3.8) is 0 Å². The molecule has 1 aromatic heterocycles. The quantitative estimate of drug-likeness (QED) is 0.901. The van der Waals surface area contributed by atoms with Gasteiger partial charge in [-0.25, -0.2) is 4.68 Å². The van der Waals surface area contributed by atoms with E-state index >= 15 is 0 Å². The molecule has 1 fully saturated rings. The molecule has 0 saturated heterocycles. The lowest BCUT2D eigenvalue weighted by molar-refractivity contribution is 0.219. The highest BCUT2D eigenvalue weighted by Crippen LogP contribution is 2.40. The molecule has 3 unspecified atom stereocenters. The van der Waals surface area contributed by atoms with Crippen molar-refractivity contribution >= 4 is 0 Å². The van der Waals surface area contributed by atoms with E-state index in [1.807, 2.05) is 6.20 Å². The van der Waals surface area contributed by atoms with Gasteiger partial charge in [0.05, 0.1) is 11.9 Å². The van der Waals surface area contributed by atoms with E-state index < -0.39 is 0 Å². The fraction of sp³-hybridized carbons (Fsp3) is 0.882. The molecule has 0 aliphatic heterocycles. The molecule has 1 aliphatic carbocycles. The number of aromatic nitrogens is 3. The fourth-order valence-corrected chi connectivity index (χ4v) is 3.43. The predicted molar refractivity (Wildman–Crippen MR) is 87.3 cm³/mol. The molecule has 0 amide bonds. The molecule has 21 heavy (non-hydrogen) atoms. The van der Waals surface area contributed by atoms with Gasteiger partial charge in [-0.3, -0.25) is 0 Å². The van der Waals surface area contributed by atoms with Gasteiger partial charge in [-0.2, -0.15) is 0 Å². The molecule has 120 valence electrons. The SMILES string of the molecule is CCCn1nncc1C1CC(C)CCC1CNC(C)(C)C. The topological polar surface area (TPSA) is 42.7 Å². The lowest BCUT2D eigenvalue weighted by Crippen LogP contribution is -2.41. The van der Waals surface area contributed by atoms with Crippen molar-refractivity contribution in [2.24, 2.45) is 11.8 Å². The Morgan fingerprint density at radius 2 is 2.10 bits per heavy atom. The largest absolute Gasteiger partial charge is 0.312 e. The number of aryl methyl sites for hydroxylation is 1. The van der Waals surface area contributed by atoms with Crippen LogP contribution in [0, 0.1) is 11.8 Å². The van der Waals surface area contributed by atoms with Crippen molar-refractivity contribution in [3.05, 3.63) is 11.9 Å². The van der Waals surface area contributed by atoms with Crippen molar-refractivity contribution in [1.82, 2.24) is 20.3 Å². The van der Waals surface area contributed by atoms with Gasteiger partial charge in [0.1, 0.15) is 0 Å². The third-order valence-corrected chi connectivity index (χ3v) is 4.61. The van der Waals surface area contributed by atoms with Gasteiger partial charge in [-0.15, -0.1) is 5.10 Å². The van der Waals surface area contributed by atoms with Crippen LogP contribution < -0.4 is 5.32 Å². The molecule has 1 heterocycles. The minimum Gasteiger partial charge on any atom is -0.312 e. The third kappa shape index (κ3) is 4.53. The number of nitrogens with zero attached hydrogens (tertiary/aromatic N) is 3. The fourth-order valence-electron chi connectivity index (χ4n) is 3.43. The molecular formula is C17H32N4. The van der Waals surface area contributed by atoms with E-state index in [4.69, 9.17) is 0 Å². The normalized spacial score (nSPS) is 27.0. The Morgan fingerprint density at radius 1 is 1.33 bits per heavy atom.